The van der Waals surface area contributed by atoms with Crippen molar-refractivity contribution in [3.05, 3.63) is 30.3 Å². The molecule has 3 rings (SSSR count). The summed E-state index contributed by atoms with van der Waals surface area (Å²) in [5.41, 5.74) is 3.49. The lowest BCUT2D eigenvalue weighted by atomic mass is 10.1. The summed E-state index contributed by atoms with van der Waals surface area (Å²) in [6.45, 7) is 4.33. The molecular weight excluding hydrogens is 308 g/mol. The van der Waals surface area contributed by atoms with Gasteiger partial charge in [0.1, 0.15) is 6.04 Å². The molecule has 2 N–H and O–H groups in total. The molecule has 3 atom stereocenters. The number of hydrogen-bond acceptors (Lipinski definition) is 5. The standard InChI is InChI=1S/C17H22N4O3/c1-11(14-9-6-10-24-14)19-16(22)15-18-12(2)17(23)21(20-15)13-7-4-3-5-8-13/h3-5,7-8,11-12,14H,6,9-10H2,1-2H3,(H,18,20)(H,19,22)/t11-,12-,14-/m0/s1. The number of nitrogens with zero attached hydrogens (tertiary/aromatic N) is 2. The Morgan fingerprint density at radius 2 is 2.17 bits per heavy atom. The van der Waals surface area contributed by atoms with Crippen LogP contribution in [-0.2, 0) is 14.3 Å². The zero-order valence-corrected chi connectivity index (χ0v) is 13.9. The highest BCUT2D eigenvalue weighted by atomic mass is 16.5. The number of para-hydroxylation sites is 1. The number of nitrogens with one attached hydrogen (secondary N) is 2. The molecule has 2 heterocycles. The zero-order valence-electron chi connectivity index (χ0n) is 13.9. The summed E-state index contributed by atoms with van der Waals surface area (Å²) in [5, 5.41) is 4.27. The molecule has 0 aromatic heterocycles. The molecule has 1 saturated heterocycles. The summed E-state index contributed by atoms with van der Waals surface area (Å²) in [7, 11) is 0. The minimum Gasteiger partial charge on any atom is -0.376 e. The van der Waals surface area contributed by atoms with Gasteiger partial charge in [0, 0.05) is 6.61 Å². The minimum absolute atomic E-state index is 0.0300. The Bertz CT molecular complexity index is 640. The van der Waals surface area contributed by atoms with Gasteiger partial charge in [-0.05, 0) is 38.8 Å². The van der Waals surface area contributed by atoms with Crippen molar-refractivity contribution in [1.82, 2.24) is 10.7 Å². The third kappa shape index (κ3) is 3.41. The molecule has 2 aliphatic heterocycles. The number of ether oxygens (including phenoxy) is 1. The normalized spacial score (nSPS) is 25.0. The lowest BCUT2D eigenvalue weighted by Gasteiger charge is -2.31. The summed E-state index contributed by atoms with van der Waals surface area (Å²) in [6.07, 6.45) is 1.98. The number of anilines is 1. The zero-order chi connectivity index (χ0) is 17.1. The minimum atomic E-state index is -0.620. The van der Waals surface area contributed by atoms with Crippen molar-refractivity contribution in [3.63, 3.8) is 0 Å². The van der Waals surface area contributed by atoms with Crippen molar-refractivity contribution in [1.29, 1.82) is 0 Å². The Balaban J connectivity index is 1.71. The molecule has 2 amide bonds. The first-order valence-corrected chi connectivity index (χ1v) is 8.22. The molecule has 0 bridgehead atoms. The van der Waals surface area contributed by atoms with Crippen LogP contribution in [0.15, 0.2) is 35.3 Å². The van der Waals surface area contributed by atoms with Crippen LogP contribution in [0.25, 0.3) is 0 Å². The molecule has 0 unspecified atom stereocenters. The lowest BCUT2D eigenvalue weighted by molar-refractivity contribution is -0.120. The van der Waals surface area contributed by atoms with Crippen molar-refractivity contribution < 1.29 is 14.3 Å². The van der Waals surface area contributed by atoms with Gasteiger partial charge in [-0.15, -0.1) is 0 Å². The third-order valence-electron chi connectivity index (χ3n) is 4.23. The average Bonchev–Trinajstić information content (AvgIpc) is 3.12. The molecule has 7 heteroatoms. The van der Waals surface area contributed by atoms with E-state index < -0.39 is 6.04 Å². The van der Waals surface area contributed by atoms with Gasteiger partial charge >= 0.3 is 0 Å². The van der Waals surface area contributed by atoms with Gasteiger partial charge in [-0.2, -0.15) is 0 Å². The summed E-state index contributed by atoms with van der Waals surface area (Å²) < 4.78 is 5.59. The first kappa shape index (κ1) is 16.4. The van der Waals surface area contributed by atoms with Crippen LogP contribution >= 0.6 is 0 Å². The van der Waals surface area contributed by atoms with E-state index in [2.05, 4.69) is 15.7 Å². The maximum atomic E-state index is 12.5. The second-order valence-corrected chi connectivity index (χ2v) is 6.09. The predicted octanol–water partition coefficient (Wildman–Crippen LogP) is 1.01. The second kappa shape index (κ2) is 7.00. The van der Waals surface area contributed by atoms with Crippen molar-refractivity contribution in [2.45, 2.75) is 44.9 Å². The highest BCUT2D eigenvalue weighted by Crippen LogP contribution is 2.17. The van der Waals surface area contributed by atoms with E-state index in [0.717, 1.165) is 19.4 Å². The SMILES string of the molecule is C[C@@H]1N=C(C(=O)N[C@@H](C)[C@@H]2CCCO2)NN(c2ccccc2)C1=O. The summed E-state index contributed by atoms with van der Waals surface area (Å²) in [4.78, 5) is 29.0. The van der Waals surface area contributed by atoms with Gasteiger partial charge in [0.25, 0.3) is 11.8 Å². The fourth-order valence-corrected chi connectivity index (χ4v) is 2.87. The fourth-order valence-electron chi connectivity index (χ4n) is 2.87. The van der Waals surface area contributed by atoms with Crippen LogP contribution in [-0.4, -0.2) is 42.4 Å². The Labute approximate surface area is 141 Å². The number of aliphatic imine (C=N–C) groups is 1. The molecule has 128 valence electrons. The predicted molar refractivity (Wildman–Crippen MR) is 90.5 cm³/mol. The Morgan fingerprint density at radius 1 is 1.42 bits per heavy atom. The second-order valence-electron chi connectivity index (χ2n) is 6.09. The molecule has 0 radical (unpaired) electrons. The van der Waals surface area contributed by atoms with E-state index in [1.165, 1.54) is 5.01 Å². The van der Waals surface area contributed by atoms with E-state index in [1.807, 2.05) is 25.1 Å². The number of carbonyl (C=O) groups excluding carboxylic acids is 2. The molecule has 7 nitrogen and oxygen atoms in total. The highest BCUT2D eigenvalue weighted by molar-refractivity contribution is 6.39. The highest BCUT2D eigenvalue weighted by Gasteiger charge is 2.32. The van der Waals surface area contributed by atoms with Gasteiger partial charge in [0.05, 0.1) is 17.8 Å². The van der Waals surface area contributed by atoms with Crippen LogP contribution in [0.5, 0.6) is 0 Å². The van der Waals surface area contributed by atoms with Crippen molar-refractivity contribution in [2.75, 3.05) is 11.6 Å². The van der Waals surface area contributed by atoms with Crippen LogP contribution in [0.1, 0.15) is 26.7 Å². The van der Waals surface area contributed by atoms with Crippen molar-refractivity contribution in [3.8, 4) is 0 Å². The number of amidine groups is 1. The summed E-state index contributed by atoms with van der Waals surface area (Å²) >= 11 is 0. The first-order chi connectivity index (χ1) is 11.6. The number of rotatable bonds is 4. The van der Waals surface area contributed by atoms with E-state index >= 15 is 0 Å². The third-order valence-corrected chi connectivity index (χ3v) is 4.23. The summed E-state index contributed by atoms with van der Waals surface area (Å²) in [5.74, 6) is -0.404. The van der Waals surface area contributed by atoms with E-state index in [1.54, 1.807) is 19.1 Å². The molecule has 0 aliphatic carbocycles. The van der Waals surface area contributed by atoms with Crippen LogP contribution in [0.2, 0.25) is 0 Å². The van der Waals surface area contributed by atoms with Crippen LogP contribution in [0, 0.1) is 0 Å². The monoisotopic (exact) mass is 330 g/mol. The maximum absolute atomic E-state index is 12.5. The molecule has 1 aromatic carbocycles. The largest absolute Gasteiger partial charge is 0.376 e. The molecule has 0 spiro atoms. The number of amides is 2. The molecular formula is C17H22N4O3. The van der Waals surface area contributed by atoms with E-state index in [0.29, 0.717) is 5.69 Å². The van der Waals surface area contributed by atoms with Crippen LogP contribution in [0.3, 0.4) is 0 Å². The van der Waals surface area contributed by atoms with Crippen molar-refractivity contribution >= 4 is 23.3 Å². The smallest absolute Gasteiger partial charge is 0.288 e. The number of carbonyl (C=O) groups is 2. The fraction of sp³-hybridized carbons (Fsp3) is 0.471. The topological polar surface area (TPSA) is 83.0 Å². The lowest BCUT2D eigenvalue weighted by Crippen LogP contribution is -2.59. The maximum Gasteiger partial charge on any atom is 0.288 e. The first-order valence-electron chi connectivity index (χ1n) is 8.22. The quantitative estimate of drug-likeness (QED) is 0.863. The van der Waals surface area contributed by atoms with Gasteiger partial charge < -0.3 is 10.1 Å². The molecule has 1 aromatic rings. The van der Waals surface area contributed by atoms with E-state index in [9.17, 15) is 9.59 Å². The van der Waals surface area contributed by atoms with Gasteiger partial charge in [-0.25, -0.2) is 10.0 Å². The Kier molecular flexibility index (Phi) is 4.80. The van der Waals surface area contributed by atoms with Gasteiger partial charge in [0.2, 0.25) is 5.84 Å². The molecule has 24 heavy (non-hydrogen) atoms. The van der Waals surface area contributed by atoms with Crippen molar-refractivity contribution in [2.24, 2.45) is 4.99 Å². The molecule has 0 saturated carbocycles. The number of hydrazine groups is 1. The van der Waals surface area contributed by atoms with Gasteiger partial charge in [-0.3, -0.25) is 15.0 Å². The molecule has 2 aliphatic rings. The number of hydrogen-bond donors (Lipinski definition) is 2. The number of benzene rings is 1. The van der Waals surface area contributed by atoms with Gasteiger partial charge in [-0.1, -0.05) is 18.2 Å². The molecule has 1 fully saturated rings. The van der Waals surface area contributed by atoms with Crippen LogP contribution in [0.4, 0.5) is 5.69 Å². The van der Waals surface area contributed by atoms with E-state index in [-0.39, 0.29) is 29.8 Å². The van der Waals surface area contributed by atoms with Crippen LogP contribution < -0.4 is 15.8 Å². The Morgan fingerprint density at radius 3 is 2.83 bits per heavy atom. The Hall–Kier alpha value is -2.41. The van der Waals surface area contributed by atoms with Gasteiger partial charge in [0.15, 0.2) is 0 Å². The average molecular weight is 330 g/mol. The van der Waals surface area contributed by atoms with E-state index in [4.69, 9.17) is 4.74 Å². The summed E-state index contributed by atoms with van der Waals surface area (Å²) in [6, 6.07) is 8.40.